The van der Waals surface area contributed by atoms with Gasteiger partial charge in [-0.15, -0.1) is 0 Å². The first-order valence-electron chi connectivity index (χ1n) is 7.89. The summed E-state index contributed by atoms with van der Waals surface area (Å²) < 4.78 is 17.0. The number of ether oxygens (including phenoxy) is 3. The van der Waals surface area contributed by atoms with Crippen molar-refractivity contribution in [3.8, 4) is 17.2 Å². The number of rotatable bonds is 8. The maximum Gasteiger partial charge on any atom is 0.123 e. The van der Waals surface area contributed by atoms with Crippen molar-refractivity contribution in [3.63, 3.8) is 0 Å². The van der Waals surface area contributed by atoms with Crippen LogP contribution in [0.1, 0.15) is 38.9 Å². The molecule has 0 aliphatic rings. The zero-order valence-electron chi connectivity index (χ0n) is 13.5. The van der Waals surface area contributed by atoms with Crippen LogP contribution in [0.25, 0.3) is 0 Å². The van der Waals surface area contributed by atoms with Crippen molar-refractivity contribution < 1.29 is 14.2 Å². The molecule has 0 amide bonds. The standard InChI is InChI=1S/C19H24O3/c1-4-19(15-7-9-16(10-8-15)20-5-2)22-18-13-11-17(12-14-18)21-6-3/h7-14,19H,4-6H2,1-3H3. The normalized spacial score (nSPS) is 11.8. The zero-order chi connectivity index (χ0) is 15.8. The van der Waals surface area contributed by atoms with E-state index in [9.17, 15) is 0 Å². The quantitative estimate of drug-likeness (QED) is 0.685. The second-order valence-corrected chi connectivity index (χ2v) is 4.92. The Morgan fingerprint density at radius 3 is 1.59 bits per heavy atom. The predicted molar refractivity (Wildman–Crippen MR) is 88.9 cm³/mol. The third-order valence-electron chi connectivity index (χ3n) is 3.35. The monoisotopic (exact) mass is 300 g/mol. The molecule has 0 saturated carbocycles. The van der Waals surface area contributed by atoms with Gasteiger partial charge in [0.1, 0.15) is 23.4 Å². The molecule has 0 fully saturated rings. The minimum absolute atomic E-state index is 0.0358. The molecule has 0 spiro atoms. The van der Waals surface area contributed by atoms with Gasteiger partial charge in [-0.2, -0.15) is 0 Å². The minimum atomic E-state index is 0.0358. The topological polar surface area (TPSA) is 27.7 Å². The van der Waals surface area contributed by atoms with Gasteiger partial charge in [-0.05, 0) is 62.2 Å². The van der Waals surface area contributed by atoms with Crippen molar-refractivity contribution in [2.45, 2.75) is 33.3 Å². The van der Waals surface area contributed by atoms with Gasteiger partial charge in [-0.1, -0.05) is 19.1 Å². The van der Waals surface area contributed by atoms with Gasteiger partial charge in [0.05, 0.1) is 13.2 Å². The third kappa shape index (κ3) is 4.42. The molecule has 2 rings (SSSR count). The number of hydrogen-bond acceptors (Lipinski definition) is 3. The van der Waals surface area contributed by atoms with Crippen LogP contribution in [0.15, 0.2) is 48.5 Å². The first-order chi connectivity index (χ1) is 10.8. The van der Waals surface area contributed by atoms with Crippen LogP contribution in [0.5, 0.6) is 17.2 Å². The molecule has 0 aliphatic carbocycles. The Balaban J connectivity index is 2.04. The highest BCUT2D eigenvalue weighted by Gasteiger charge is 2.11. The first-order valence-corrected chi connectivity index (χ1v) is 7.89. The summed E-state index contributed by atoms with van der Waals surface area (Å²) in [5.74, 6) is 2.61. The van der Waals surface area contributed by atoms with Gasteiger partial charge in [0.15, 0.2) is 0 Å². The van der Waals surface area contributed by atoms with Crippen LogP contribution in [0.2, 0.25) is 0 Å². The Morgan fingerprint density at radius 2 is 1.14 bits per heavy atom. The van der Waals surface area contributed by atoms with E-state index in [0.717, 1.165) is 29.2 Å². The Labute approximate surface area is 132 Å². The molecular formula is C19H24O3. The molecule has 0 aromatic heterocycles. The summed E-state index contributed by atoms with van der Waals surface area (Å²) >= 11 is 0. The molecule has 0 radical (unpaired) electrons. The van der Waals surface area contributed by atoms with Gasteiger partial charge in [0, 0.05) is 0 Å². The molecule has 3 nitrogen and oxygen atoms in total. The maximum absolute atomic E-state index is 6.09. The Bertz CT molecular complexity index is 546. The van der Waals surface area contributed by atoms with Crippen molar-refractivity contribution in [2.75, 3.05) is 13.2 Å². The molecule has 118 valence electrons. The average molecular weight is 300 g/mol. The lowest BCUT2D eigenvalue weighted by Gasteiger charge is -2.18. The second-order valence-electron chi connectivity index (χ2n) is 4.92. The minimum Gasteiger partial charge on any atom is -0.494 e. The highest BCUT2D eigenvalue weighted by Crippen LogP contribution is 2.27. The first kappa shape index (κ1) is 16.2. The molecule has 0 bridgehead atoms. The van der Waals surface area contributed by atoms with Crippen molar-refractivity contribution >= 4 is 0 Å². The summed E-state index contributed by atoms with van der Waals surface area (Å²) in [5, 5.41) is 0. The lowest BCUT2D eigenvalue weighted by Crippen LogP contribution is -2.06. The van der Waals surface area contributed by atoms with Gasteiger partial charge >= 0.3 is 0 Å². The summed E-state index contributed by atoms with van der Waals surface area (Å²) in [5.41, 5.74) is 1.15. The van der Waals surface area contributed by atoms with Crippen LogP contribution >= 0.6 is 0 Å². The van der Waals surface area contributed by atoms with Crippen molar-refractivity contribution in [1.29, 1.82) is 0 Å². The van der Waals surface area contributed by atoms with Crippen molar-refractivity contribution in [2.24, 2.45) is 0 Å². The summed E-state index contributed by atoms with van der Waals surface area (Å²) in [7, 11) is 0. The fourth-order valence-corrected chi connectivity index (χ4v) is 2.28. The van der Waals surface area contributed by atoms with E-state index >= 15 is 0 Å². The summed E-state index contributed by atoms with van der Waals surface area (Å²) in [4.78, 5) is 0. The average Bonchev–Trinajstić information content (AvgIpc) is 2.56. The zero-order valence-corrected chi connectivity index (χ0v) is 13.5. The highest BCUT2D eigenvalue weighted by molar-refractivity contribution is 5.33. The van der Waals surface area contributed by atoms with Crippen LogP contribution in [0.4, 0.5) is 0 Å². The highest BCUT2D eigenvalue weighted by atomic mass is 16.5. The van der Waals surface area contributed by atoms with Crippen LogP contribution in [0.3, 0.4) is 0 Å². The second kappa shape index (κ2) is 8.32. The van der Waals surface area contributed by atoms with E-state index in [-0.39, 0.29) is 6.10 Å². The molecule has 22 heavy (non-hydrogen) atoms. The lowest BCUT2D eigenvalue weighted by molar-refractivity contribution is 0.201. The van der Waals surface area contributed by atoms with E-state index in [1.54, 1.807) is 0 Å². The maximum atomic E-state index is 6.09. The summed E-state index contributed by atoms with van der Waals surface area (Å²) in [6.45, 7) is 7.43. The lowest BCUT2D eigenvalue weighted by atomic mass is 10.1. The third-order valence-corrected chi connectivity index (χ3v) is 3.35. The fraction of sp³-hybridized carbons (Fsp3) is 0.368. The largest absolute Gasteiger partial charge is 0.494 e. The summed E-state index contributed by atoms with van der Waals surface area (Å²) in [6.07, 6.45) is 0.940. The van der Waals surface area contributed by atoms with Gasteiger partial charge < -0.3 is 14.2 Å². The molecule has 0 heterocycles. The molecule has 1 atom stereocenters. The predicted octanol–water partition coefficient (Wildman–Crippen LogP) is 5.01. The van der Waals surface area contributed by atoms with E-state index in [4.69, 9.17) is 14.2 Å². The van der Waals surface area contributed by atoms with E-state index in [2.05, 4.69) is 19.1 Å². The van der Waals surface area contributed by atoms with Gasteiger partial charge in [-0.3, -0.25) is 0 Å². The van der Waals surface area contributed by atoms with E-state index in [1.807, 2.05) is 50.2 Å². The van der Waals surface area contributed by atoms with Gasteiger partial charge in [-0.25, -0.2) is 0 Å². The molecule has 1 unspecified atom stereocenters. The van der Waals surface area contributed by atoms with E-state index < -0.39 is 0 Å². The van der Waals surface area contributed by atoms with Crippen LogP contribution in [-0.2, 0) is 0 Å². The Morgan fingerprint density at radius 1 is 0.682 bits per heavy atom. The molecular weight excluding hydrogens is 276 g/mol. The van der Waals surface area contributed by atoms with Crippen LogP contribution in [0, 0.1) is 0 Å². The van der Waals surface area contributed by atoms with Gasteiger partial charge in [0.2, 0.25) is 0 Å². The molecule has 0 aliphatic heterocycles. The van der Waals surface area contributed by atoms with Crippen molar-refractivity contribution in [1.82, 2.24) is 0 Å². The van der Waals surface area contributed by atoms with Crippen LogP contribution < -0.4 is 14.2 Å². The molecule has 0 N–H and O–H groups in total. The molecule has 3 heteroatoms. The molecule has 0 saturated heterocycles. The summed E-state index contributed by atoms with van der Waals surface area (Å²) in [6, 6.07) is 15.9. The van der Waals surface area contributed by atoms with Crippen LogP contribution in [-0.4, -0.2) is 13.2 Å². The van der Waals surface area contributed by atoms with Crippen molar-refractivity contribution in [3.05, 3.63) is 54.1 Å². The van der Waals surface area contributed by atoms with E-state index in [1.165, 1.54) is 0 Å². The van der Waals surface area contributed by atoms with E-state index in [0.29, 0.717) is 13.2 Å². The molecule has 2 aromatic rings. The fourth-order valence-electron chi connectivity index (χ4n) is 2.28. The molecule has 2 aromatic carbocycles. The Hall–Kier alpha value is -2.16. The SMILES string of the molecule is CCOc1ccc(OC(CC)c2ccc(OCC)cc2)cc1. The smallest absolute Gasteiger partial charge is 0.123 e. The number of hydrogen-bond donors (Lipinski definition) is 0. The Kier molecular flexibility index (Phi) is 6.13. The number of benzene rings is 2. The van der Waals surface area contributed by atoms with Gasteiger partial charge in [0.25, 0.3) is 0 Å².